The van der Waals surface area contributed by atoms with Gasteiger partial charge in [0.05, 0.1) is 6.10 Å². The highest BCUT2D eigenvalue weighted by molar-refractivity contribution is 9.10. The number of hydrogen-bond acceptors (Lipinski definition) is 2. The number of nitrogens with one attached hydrogen (secondary N) is 1. The highest BCUT2D eigenvalue weighted by atomic mass is 79.9. The molecule has 19 heavy (non-hydrogen) atoms. The summed E-state index contributed by atoms with van der Waals surface area (Å²) in [5.74, 6) is 0.684. The van der Waals surface area contributed by atoms with Gasteiger partial charge in [0.15, 0.2) is 0 Å². The number of benzene rings is 1. The number of halogens is 1. The van der Waals surface area contributed by atoms with Gasteiger partial charge in [-0.25, -0.2) is 0 Å². The quantitative estimate of drug-likeness (QED) is 0.898. The van der Waals surface area contributed by atoms with E-state index in [2.05, 4.69) is 60.2 Å². The van der Waals surface area contributed by atoms with Gasteiger partial charge in [-0.3, -0.25) is 0 Å². The first kappa shape index (κ1) is 13.4. The van der Waals surface area contributed by atoms with E-state index in [1.165, 1.54) is 17.7 Å². The SMILES string of the molecule is CCc1cc(Br)ccc1NC1C2CCOC2C1(C)C. The average molecular weight is 324 g/mol. The summed E-state index contributed by atoms with van der Waals surface area (Å²) in [6.07, 6.45) is 2.70. The minimum Gasteiger partial charge on any atom is -0.381 e. The maximum absolute atomic E-state index is 5.86. The Balaban J connectivity index is 1.82. The molecule has 1 aromatic rings. The molecule has 0 aromatic heterocycles. The van der Waals surface area contributed by atoms with Gasteiger partial charge in [0, 0.05) is 34.1 Å². The number of rotatable bonds is 3. The molecule has 1 saturated carbocycles. The van der Waals surface area contributed by atoms with Gasteiger partial charge in [-0.15, -0.1) is 0 Å². The van der Waals surface area contributed by atoms with E-state index in [1.54, 1.807) is 0 Å². The van der Waals surface area contributed by atoms with E-state index in [9.17, 15) is 0 Å². The lowest BCUT2D eigenvalue weighted by molar-refractivity contribution is -0.0923. The molecule has 1 saturated heterocycles. The van der Waals surface area contributed by atoms with Crippen molar-refractivity contribution in [3.05, 3.63) is 28.2 Å². The van der Waals surface area contributed by atoms with Crippen LogP contribution in [-0.4, -0.2) is 18.8 Å². The zero-order chi connectivity index (χ0) is 13.6. The molecular formula is C16H22BrNO. The Hall–Kier alpha value is -0.540. The molecule has 0 bridgehead atoms. The fourth-order valence-electron chi connectivity index (χ4n) is 3.78. The molecule has 3 atom stereocenters. The lowest BCUT2D eigenvalue weighted by atomic mass is 9.57. The first-order valence-corrected chi connectivity index (χ1v) is 8.00. The Bertz CT molecular complexity index is 486. The highest BCUT2D eigenvalue weighted by Gasteiger charge is 2.59. The van der Waals surface area contributed by atoms with Crippen molar-refractivity contribution in [3.63, 3.8) is 0 Å². The lowest BCUT2D eigenvalue weighted by Crippen LogP contribution is -2.63. The molecular weight excluding hydrogens is 302 g/mol. The molecule has 2 aliphatic rings. The largest absolute Gasteiger partial charge is 0.381 e. The van der Waals surface area contributed by atoms with E-state index in [1.807, 2.05) is 0 Å². The van der Waals surface area contributed by atoms with Crippen LogP contribution in [0.1, 0.15) is 32.8 Å². The summed E-state index contributed by atoms with van der Waals surface area (Å²) in [7, 11) is 0. The molecule has 2 nitrogen and oxygen atoms in total. The third-order valence-corrected chi connectivity index (χ3v) is 5.35. The highest BCUT2D eigenvalue weighted by Crippen LogP contribution is 2.53. The number of aryl methyl sites for hydroxylation is 1. The Morgan fingerprint density at radius 1 is 1.42 bits per heavy atom. The van der Waals surface area contributed by atoms with Gasteiger partial charge in [0.2, 0.25) is 0 Å². The predicted octanol–water partition coefficient (Wildman–Crippen LogP) is 4.24. The zero-order valence-corrected chi connectivity index (χ0v) is 13.5. The number of anilines is 1. The maximum atomic E-state index is 5.86. The van der Waals surface area contributed by atoms with E-state index >= 15 is 0 Å². The van der Waals surface area contributed by atoms with Gasteiger partial charge >= 0.3 is 0 Å². The Kier molecular flexibility index (Phi) is 3.38. The number of ether oxygens (including phenoxy) is 1. The van der Waals surface area contributed by atoms with Crippen molar-refractivity contribution in [3.8, 4) is 0 Å². The second kappa shape index (κ2) is 4.78. The van der Waals surface area contributed by atoms with Gasteiger partial charge in [-0.2, -0.15) is 0 Å². The fourth-order valence-corrected chi connectivity index (χ4v) is 4.19. The summed E-state index contributed by atoms with van der Waals surface area (Å²) in [5, 5.41) is 3.79. The summed E-state index contributed by atoms with van der Waals surface area (Å²) < 4.78 is 7.02. The van der Waals surface area contributed by atoms with Gasteiger partial charge in [-0.1, -0.05) is 36.7 Å². The molecule has 1 heterocycles. The van der Waals surface area contributed by atoms with Crippen molar-refractivity contribution in [2.75, 3.05) is 11.9 Å². The van der Waals surface area contributed by atoms with Gasteiger partial charge in [-0.05, 0) is 36.6 Å². The van der Waals surface area contributed by atoms with E-state index in [-0.39, 0.29) is 5.41 Å². The standard InChI is InChI=1S/C16H22BrNO/c1-4-10-9-11(17)5-6-13(10)18-14-12-7-8-19-15(12)16(14,2)3/h5-6,9,12,14-15,18H,4,7-8H2,1-3H3. The topological polar surface area (TPSA) is 21.3 Å². The number of hydrogen-bond donors (Lipinski definition) is 1. The summed E-state index contributed by atoms with van der Waals surface area (Å²) in [6.45, 7) is 7.78. The normalized spacial score (nSPS) is 31.7. The second-order valence-corrected chi connectivity index (χ2v) is 7.26. The van der Waals surface area contributed by atoms with Crippen molar-refractivity contribution in [2.24, 2.45) is 11.3 Å². The smallest absolute Gasteiger partial charge is 0.0694 e. The molecule has 1 N–H and O–H groups in total. The maximum Gasteiger partial charge on any atom is 0.0694 e. The van der Waals surface area contributed by atoms with Crippen LogP contribution in [0.4, 0.5) is 5.69 Å². The summed E-state index contributed by atoms with van der Waals surface area (Å²) >= 11 is 3.55. The summed E-state index contributed by atoms with van der Waals surface area (Å²) in [6, 6.07) is 7.07. The van der Waals surface area contributed by atoms with Crippen LogP contribution >= 0.6 is 15.9 Å². The summed E-state index contributed by atoms with van der Waals surface area (Å²) in [4.78, 5) is 0. The Morgan fingerprint density at radius 2 is 2.21 bits per heavy atom. The molecule has 0 amide bonds. The molecule has 104 valence electrons. The average Bonchev–Trinajstić information content (AvgIpc) is 2.83. The van der Waals surface area contributed by atoms with Crippen molar-refractivity contribution < 1.29 is 4.74 Å². The molecule has 1 aliphatic carbocycles. The van der Waals surface area contributed by atoms with Gasteiger partial charge < -0.3 is 10.1 Å². The van der Waals surface area contributed by atoms with Crippen LogP contribution in [0.15, 0.2) is 22.7 Å². The van der Waals surface area contributed by atoms with Gasteiger partial charge in [0.1, 0.15) is 0 Å². The molecule has 0 radical (unpaired) electrons. The third-order valence-electron chi connectivity index (χ3n) is 4.86. The second-order valence-electron chi connectivity index (χ2n) is 6.34. The van der Waals surface area contributed by atoms with Crippen LogP contribution in [0.3, 0.4) is 0 Å². The number of fused-ring (bicyclic) bond motifs is 1. The van der Waals surface area contributed by atoms with Crippen LogP contribution < -0.4 is 5.32 Å². The molecule has 1 aromatic carbocycles. The van der Waals surface area contributed by atoms with Crippen LogP contribution in [0.2, 0.25) is 0 Å². The minimum absolute atomic E-state index is 0.235. The van der Waals surface area contributed by atoms with Crippen molar-refractivity contribution in [2.45, 2.75) is 45.8 Å². The zero-order valence-electron chi connectivity index (χ0n) is 11.9. The molecule has 3 heteroatoms. The van der Waals surface area contributed by atoms with Crippen LogP contribution in [0, 0.1) is 11.3 Å². The minimum atomic E-state index is 0.235. The van der Waals surface area contributed by atoms with E-state index < -0.39 is 0 Å². The van der Waals surface area contributed by atoms with Crippen molar-refractivity contribution in [1.29, 1.82) is 0 Å². The first-order chi connectivity index (χ1) is 9.04. The van der Waals surface area contributed by atoms with E-state index in [0.29, 0.717) is 18.1 Å². The Morgan fingerprint density at radius 3 is 2.95 bits per heavy atom. The van der Waals surface area contributed by atoms with Crippen molar-refractivity contribution >= 4 is 21.6 Å². The van der Waals surface area contributed by atoms with Crippen LogP contribution in [-0.2, 0) is 11.2 Å². The Labute approximate surface area is 124 Å². The first-order valence-electron chi connectivity index (χ1n) is 7.20. The molecule has 0 spiro atoms. The summed E-state index contributed by atoms with van der Waals surface area (Å²) in [5.41, 5.74) is 2.90. The third kappa shape index (κ3) is 2.11. The lowest BCUT2D eigenvalue weighted by Gasteiger charge is -2.55. The van der Waals surface area contributed by atoms with E-state index in [4.69, 9.17) is 4.74 Å². The predicted molar refractivity (Wildman–Crippen MR) is 82.6 cm³/mol. The molecule has 3 unspecified atom stereocenters. The monoisotopic (exact) mass is 323 g/mol. The molecule has 3 rings (SSSR count). The molecule has 2 fully saturated rings. The van der Waals surface area contributed by atoms with Crippen LogP contribution in [0.5, 0.6) is 0 Å². The van der Waals surface area contributed by atoms with Gasteiger partial charge in [0.25, 0.3) is 0 Å². The van der Waals surface area contributed by atoms with E-state index in [0.717, 1.165) is 17.5 Å². The van der Waals surface area contributed by atoms with Crippen molar-refractivity contribution in [1.82, 2.24) is 0 Å². The fraction of sp³-hybridized carbons (Fsp3) is 0.625. The van der Waals surface area contributed by atoms with Crippen LogP contribution in [0.25, 0.3) is 0 Å². The molecule has 1 aliphatic heterocycles.